The zero-order valence-electron chi connectivity index (χ0n) is 8.81. The summed E-state index contributed by atoms with van der Waals surface area (Å²) in [6.07, 6.45) is -2.93. The highest BCUT2D eigenvalue weighted by atomic mass is 19.4. The first-order valence-corrected chi connectivity index (χ1v) is 4.78. The Morgan fingerprint density at radius 2 is 2.17 bits per heavy atom. The molecule has 0 atom stereocenters. The van der Waals surface area contributed by atoms with Gasteiger partial charge in [-0.25, -0.2) is 4.79 Å². The van der Waals surface area contributed by atoms with E-state index in [-0.39, 0.29) is 18.1 Å². The van der Waals surface area contributed by atoms with E-state index in [4.69, 9.17) is 9.52 Å². The maximum absolute atomic E-state index is 12.3. The quantitative estimate of drug-likeness (QED) is 0.918. The third-order valence-corrected chi connectivity index (χ3v) is 2.15. The van der Waals surface area contributed by atoms with Crippen LogP contribution in [0.3, 0.4) is 0 Å². The van der Waals surface area contributed by atoms with Crippen LogP contribution in [0.2, 0.25) is 0 Å². The van der Waals surface area contributed by atoms with Gasteiger partial charge in [0.25, 0.3) is 0 Å². The SMILES string of the molecule is O=C(O)c1ccc(Cn2cc(C(F)(F)F)cn2)o1. The maximum Gasteiger partial charge on any atom is 0.419 e. The number of alkyl halides is 3. The molecule has 0 amide bonds. The van der Waals surface area contributed by atoms with Crippen molar-refractivity contribution in [2.75, 3.05) is 0 Å². The van der Waals surface area contributed by atoms with Crippen LogP contribution in [0.25, 0.3) is 0 Å². The molecule has 2 aromatic heterocycles. The van der Waals surface area contributed by atoms with Crippen molar-refractivity contribution in [3.05, 3.63) is 41.6 Å². The predicted molar refractivity (Wildman–Crippen MR) is 52.0 cm³/mol. The summed E-state index contributed by atoms with van der Waals surface area (Å²) in [5.41, 5.74) is -0.868. The van der Waals surface area contributed by atoms with E-state index in [1.165, 1.54) is 12.1 Å². The van der Waals surface area contributed by atoms with Crippen LogP contribution in [-0.4, -0.2) is 20.9 Å². The van der Waals surface area contributed by atoms with Gasteiger partial charge in [0.15, 0.2) is 0 Å². The van der Waals surface area contributed by atoms with Crippen LogP contribution in [0, 0.1) is 0 Å². The van der Waals surface area contributed by atoms with Gasteiger partial charge in [0.1, 0.15) is 5.76 Å². The highest BCUT2D eigenvalue weighted by Gasteiger charge is 2.32. The highest BCUT2D eigenvalue weighted by Crippen LogP contribution is 2.28. The molecular weight excluding hydrogens is 253 g/mol. The smallest absolute Gasteiger partial charge is 0.419 e. The van der Waals surface area contributed by atoms with Crippen LogP contribution in [0.4, 0.5) is 13.2 Å². The van der Waals surface area contributed by atoms with Crippen molar-refractivity contribution in [3.8, 4) is 0 Å². The third kappa shape index (κ3) is 2.53. The molecule has 1 N–H and O–H groups in total. The molecule has 0 saturated heterocycles. The van der Waals surface area contributed by atoms with Crippen molar-refractivity contribution in [1.82, 2.24) is 9.78 Å². The van der Waals surface area contributed by atoms with Gasteiger partial charge < -0.3 is 9.52 Å². The summed E-state index contributed by atoms with van der Waals surface area (Å²) in [5, 5.41) is 12.1. The average Bonchev–Trinajstić information content (AvgIpc) is 2.85. The molecule has 96 valence electrons. The van der Waals surface area contributed by atoms with Crippen molar-refractivity contribution in [2.45, 2.75) is 12.7 Å². The second-order valence-electron chi connectivity index (χ2n) is 3.50. The molecule has 8 heteroatoms. The number of furan rings is 1. The standard InChI is InChI=1S/C10H7F3N2O3/c11-10(12,13)6-3-14-15(4-6)5-7-1-2-8(18-7)9(16)17/h1-4H,5H2,(H,16,17). The Balaban J connectivity index is 2.14. The fraction of sp³-hybridized carbons (Fsp3) is 0.200. The largest absolute Gasteiger partial charge is 0.475 e. The molecule has 0 bridgehead atoms. The van der Waals surface area contributed by atoms with Crippen molar-refractivity contribution in [1.29, 1.82) is 0 Å². The zero-order valence-corrected chi connectivity index (χ0v) is 8.81. The number of carbonyl (C=O) groups is 1. The van der Waals surface area contributed by atoms with Gasteiger partial charge in [-0.05, 0) is 12.1 Å². The summed E-state index contributed by atoms with van der Waals surface area (Å²) in [5.74, 6) is -1.30. The Morgan fingerprint density at radius 3 is 2.67 bits per heavy atom. The predicted octanol–water partition coefficient (Wildman–Crippen LogP) is 2.24. The lowest BCUT2D eigenvalue weighted by Crippen LogP contribution is -2.03. The summed E-state index contributed by atoms with van der Waals surface area (Å²) >= 11 is 0. The first-order chi connectivity index (χ1) is 8.36. The van der Waals surface area contributed by atoms with Gasteiger partial charge in [-0.3, -0.25) is 4.68 Å². The Labute approximate surface area is 98.4 Å². The van der Waals surface area contributed by atoms with Crippen molar-refractivity contribution < 1.29 is 27.5 Å². The molecule has 2 heterocycles. The molecule has 0 saturated carbocycles. The van der Waals surface area contributed by atoms with Crippen LogP contribution in [0.5, 0.6) is 0 Å². The van der Waals surface area contributed by atoms with E-state index in [1.807, 2.05) is 0 Å². The topological polar surface area (TPSA) is 68.3 Å². The number of hydrogen-bond acceptors (Lipinski definition) is 3. The van der Waals surface area contributed by atoms with E-state index in [0.29, 0.717) is 6.20 Å². The Hall–Kier alpha value is -2.25. The number of aromatic nitrogens is 2. The maximum atomic E-state index is 12.3. The molecule has 0 spiro atoms. The lowest BCUT2D eigenvalue weighted by Gasteiger charge is -2.00. The van der Waals surface area contributed by atoms with E-state index < -0.39 is 17.7 Å². The van der Waals surface area contributed by atoms with E-state index in [1.54, 1.807) is 0 Å². The molecule has 18 heavy (non-hydrogen) atoms. The van der Waals surface area contributed by atoms with Crippen LogP contribution in [0.15, 0.2) is 28.9 Å². The summed E-state index contributed by atoms with van der Waals surface area (Å²) in [7, 11) is 0. The highest BCUT2D eigenvalue weighted by molar-refractivity contribution is 5.84. The first-order valence-electron chi connectivity index (χ1n) is 4.78. The molecule has 2 aromatic rings. The Kier molecular flexibility index (Phi) is 2.85. The summed E-state index contributed by atoms with van der Waals surface area (Å²) in [4.78, 5) is 10.5. The van der Waals surface area contributed by atoms with Gasteiger partial charge in [-0.15, -0.1) is 0 Å². The van der Waals surface area contributed by atoms with Gasteiger partial charge in [-0.2, -0.15) is 18.3 Å². The third-order valence-electron chi connectivity index (χ3n) is 2.15. The number of carboxylic acids is 1. The fourth-order valence-electron chi connectivity index (χ4n) is 1.33. The first kappa shape index (κ1) is 12.2. The molecule has 5 nitrogen and oxygen atoms in total. The molecular formula is C10H7F3N2O3. The summed E-state index contributed by atoms with van der Waals surface area (Å²) < 4.78 is 42.8. The second kappa shape index (κ2) is 4.21. The van der Waals surface area contributed by atoms with Gasteiger partial charge in [-0.1, -0.05) is 0 Å². The van der Waals surface area contributed by atoms with Crippen molar-refractivity contribution in [3.63, 3.8) is 0 Å². The van der Waals surface area contributed by atoms with Gasteiger partial charge in [0.05, 0.1) is 18.3 Å². The van der Waals surface area contributed by atoms with Crippen LogP contribution >= 0.6 is 0 Å². The van der Waals surface area contributed by atoms with Gasteiger partial charge >= 0.3 is 12.1 Å². The van der Waals surface area contributed by atoms with Gasteiger partial charge in [0.2, 0.25) is 5.76 Å². The molecule has 0 unspecified atom stereocenters. The lowest BCUT2D eigenvalue weighted by molar-refractivity contribution is -0.137. The molecule has 0 radical (unpaired) electrons. The number of carboxylic acid groups (broad SMARTS) is 1. The molecule has 0 aromatic carbocycles. The molecule has 0 fully saturated rings. The average molecular weight is 260 g/mol. The van der Waals surface area contributed by atoms with E-state index in [2.05, 4.69) is 5.10 Å². The number of hydrogen-bond donors (Lipinski definition) is 1. The monoisotopic (exact) mass is 260 g/mol. The van der Waals surface area contributed by atoms with E-state index >= 15 is 0 Å². The molecule has 0 aliphatic heterocycles. The normalized spacial score (nSPS) is 11.7. The Bertz CT molecular complexity index is 571. The second-order valence-corrected chi connectivity index (χ2v) is 3.50. The summed E-state index contributed by atoms with van der Waals surface area (Å²) in [6, 6.07) is 2.60. The van der Waals surface area contributed by atoms with Crippen LogP contribution < -0.4 is 0 Å². The minimum absolute atomic E-state index is 0.0661. The minimum Gasteiger partial charge on any atom is -0.475 e. The molecule has 0 aliphatic carbocycles. The number of rotatable bonds is 3. The van der Waals surface area contributed by atoms with Crippen molar-refractivity contribution >= 4 is 5.97 Å². The summed E-state index contributed by atoms with van der Waals surface area (Å²) in [6.45, 7) is -0.0661. The Morgan fingerprint density at radius 1 is 1.44 bits per heavy atom. The number of nitrogens with zero attached hydrogens (tertiary/aromatic N) is 2. The lowest BCUT2D eigenvalue weighted by atomic mass is 10.3. The van der Waals surface area contributed by atoms with Crippen LogP contribution in [-0.2, 0) is 12.7 Å². The zero-order chi connectivity index (χ0) is 13.3. The molecule has 2 rings (SSSR count). The van der Waals surface area contributed by atoms with E-state index in [9.17, 15) is 18.0 Å². The van der Waals surface area contributed by atoms with Crippen LogP contribution in [0.1, 0.15) is 21.9 Å². The molecule has 0 aliphatic rings. The number of halogens is 3. The minimum atomic E-state index is -4.45. The van der Waals surface area contributed by atoms with Gasteiger partial charge in [0, 0.05) is 6.20 Å². The van der Waals surface area contributed by atoms with Crippen molar-refractivity contribution in [2.24, 2.45) is 0 Å². The number of aromatic carboxylic acids is 1. The fourth-order valence-corrected chi connectivity index (χ4v) is 1.33. The van der Waals surface area contributed by atoms with E-state index in [0.717, 1.165) is 10.9 Å².